The van der Waals surface area contributed by atoms with Crippen LogP contribution in [0.3, 0.4) is 0 Å². The Morgan fingerprint density at radius 2 is 1.87 bits per heavy atom. The van der Waals surface area contributed by atoms with Gasteiger partial charge in [0.05, 0.1) is 40.3 Å². The van der Waals surface area contributed by atoms with Gasteiger partial charge in [0.25, 0.3) is 0 Å². The van der Waals surface area contributed by atoms with Crippen LogP contribution in [0.15, 0.2) is 47.4 Å². The minimum absolute atomic E-state index is 0.0774. The summed E-state index contributed by atoms with van der Waals surface area (Å²) < 4.78 is 26.1. The zero-order valence-corrected chi connectivity index (χ0v) is 22.4. The van der Waals surface area contributed by atoms with Crippen LogP contribution in [0.1, 0.15) is 35.6 Å². The second-order valence-electron chi connectivity index (χ2n) is 9.56. The number of pyridine rings is 2. The molecule has 0 bridgehead atoms. The van der Waals surface area contributed by atoms with Crippen molar-refractivity contribution in [1.82, 2.24) is 15.1 Å². The highest BCUT2D eigenvalue weighted by Gasteiger charge is 2.45. The summed E-state index contributed by atoms with van der Waals surface area (Å²) in [6.07, 6.45) is 6.29. The highest BCUT2D eigenvalue weighted by molar-refractivity contribution is 6.38. The maximum absolute atomic E-state index is 14.4. The van der Waals surface area contributed by atoms with E-state index >= 15 is 0 Å². The topological polar surface area (TPSA) is 88.9 Å². The van der Waals surface area contributed by atoms with Crippen molar-refractivity contribution in [3.8, 4) is 17.0 Å². The van der Waals surface area contributed by atoms with Gasteiger partial charge in [-0.2, -0.15) is 0 Å². The molecule has 0 atom stereocenters. The fourth-order valence-corrected chi connectivity index (χ4v) is 5.59. The third-order valence-electron chi connectivity index (χ3n) is 6.82. The Morgan fingerprint density at radius 1 is 1.13 bits per heavy atom. The first kappa shape index (κ1) is 25.8. The number of hydrogen-bond donors (Lipinski definition) is 1. The Kier molecular flexibility index (Phi) is 6.60. The van der Waals surface area contributed by atoms with Crippen molar-refractivity contribution in [1.29, 1.82) is 0 Å². The van der Waals surface area contributed by atoms with Crippen LogP contribution < -0.4 is 9.64 Å². The van der Waals surface area contributed by atoms with Gasteiger partial charge in [-0.25, -0.2) is 14.2 Å². The Balaban J connectivity index is 1.19. The Morgan fingerprint density at radius 3 is 2.51 bits per heavy atom. The molecular formula is C27H19Cl3FN5O3. The molecule has 2 fully saturated rings. The maximum Gasteiger partial charge on any atom is 0.208 e. The molecule has 6 rings (SSSR count). The highest BCUT2D eigenvalue weighted by atomic mass is 35.5. The monoisotopic (exact) mass is 585 g/mol. The SMILES string of the molecule is [C-]#[N+]c1cnc(N2CC(O)(c3ccc(OCc4c(-c5c(Cl)cncc5Cl)noc4C4CC4)cc3Cl)C2)c(F)c1. The van der Waals surface area contributed by atoms with E-state index in [2.05, 4.69) is 20.0 Å². The molecule has 1 aliphatic heterocycles. The van der Waals surface area contributed by atoms with Crippen LogP contribution in [-0.4, -0.2) is 33.3 Å². The van der Waals surface area contributed by atoms with Crippen molar-refractivity contribution in [2.24, 2.45) is 0 Å². The molecule has 1 N–H and O–H groups in total. The van der Waals surface area contributed by atoms with Gasteiger partial charge in [-0.15, -0.1) is 0 Å². The summed E-state index contributed by atoms with van der Waals surface area (Å²) in [7, 11) is 0. The lowest BCUT2D eigenvalue weighted by Crippen LogP contribution is -2.60. The lowest BCUT2D eigenvalue weighted by Gasteiger charge is -2.47. The zero-order valence-electron chi connectivity index (χ0n) is 20.2. The maximum atomic E-state index is 14.4. The van der Waals surface area contributed by atoms with Gasteiger partial charge in [0.15, 0.2) is 11.6 Å². The van der Waals surface area contributed by atoms with Crippen LogP contribution in [0.4, 0.5) is 15.9 Å². The number of halogens is 4. The second-order valence-corrected chi connectivity index (χ2v) is 10.8. The van der Waals surface area contributed by atoms with Crippen molar-refractivity contribution < 1.29 is 18.8 Å². The minimum Gasteiger partial charge on any atom is -0.489 e. The molecule has 12 heteroatoms. The van der Waals surface area contributed by atoms with Crippen molar-refractivity contribution in [3.05, 3.63) is 92.0 Å². The van der Waals surface area contributed by atoms with E-state index < -0.39 is 11.4 Å². The largest absolute Gasteiger partial charge is 0.489 e. The Labute approximate surface area is 237 Å². The molecule has 8 nitrogen and oxygen atoms in total. The Bertz CT molecular complexity index is 1610. The molecule has 2 aliphatic rings. The molecule has 0 amide bonds. The molecule has 1 saturated carbocycles. The average molecular weight is 587 g/mol. The van der Waals surface area contributed by atoms with E-state index in [1.165, 1.54) is 18.6 Å². The molecule has 1 saturated heterocycles. The normalized spacial score (nSPS) is 16.1. The molecule has 198 valence electrons. The third-order valence-corrected chi connectivity index (χ3v) is 7.71. The van der Waals surface area contributed by atoms with Crippen molar-refractivity contribution in [3.63, 3.8) is 0 Å². The van der Waals surface area contributed by atoms with Gasteiger partial charge < -0.3 is 19.3 Å². The molecule has 0 radical (unpaired) electrons. The number of rotatable bonds is 7. The summed E-state index contributed by atoms with van der Waals surface area (Å²) in [4.78, 5) is 12.8. The summed E-state index contributed by atoms with van der Waals surface area (Å²) in [5.41, 5.74) is 1.09. The average Bonchev–Trinajstić information content (AvgIpc) is 3.66. The second kappa shape index (κ2) is 9.96. The van der Waals surface area contributed by atoms with Gasteiger partial charge in [-0.1, -0.05) is 46.0 Å². The molecule has 4 aromatic rings. The van der Waals surface area contributed by atoms with Crippen molar-refractivity contribution in [2.75, 3.05) is 18.0 Å². The summed E-state index contributed by atoms with van der Waals surface area (Å²) >= 11 is 19.3. The predicted molar refractivity (Wildman–Crippen MR) is 144 cm³/mol. The number of hydrogen-bond acceptors (Lipinski definition) is 7. The molecule has 1 aliphatic carbocycles. The van der Waals surface area contributed by atoms with E-state index in [9.17, 15) is 9.50 Å². The van der Waals surface area contributed by atoms with E-state index in [4.69, 9.17) is 50.6 Å². The standard InChI is InChI=1S/C27H19Cl3FN5O3/c1-32-15-6-22(31)26(34-8-15)36-12-27(37,13-36)18-5-4-16(7-19(18)28)38-11-17-24(35-39-25(17)14-2-3-14)23-20(29)9-33-10-21(23)30/h4-10,14,37H,2-3,11-13H2. The van der Waals surface area contributed by atoms with Crippen LogP contribution in [0.2, 0.25) is 15.1 Å². The lowest BCUT2D eigenvalue weighted by atomic mass is 9.86. The van der Waals surface area contributed by atoms with Gasteiger partial charge in [-0.3, -0.25) is 4.98 Å². The highest BCUT2D eigenvalue weighted by Crippen LogP contribution is 2.46. The molecular weight excluding hydrogens is 568 g/mol. The summed E-state index contributed by atoms with van der Waals surface area (Å²) in [5, 5.41) is 16.4. The van der Waals surface area contributed by atoms with Crippen LogP contribution >= 0.6 is 34.8 Å². The molecule has 0 spiro atoms. The number of β-amino-alcohol motifs (C(OH)–C–C–N with tert-alkyl or cyclic N) is 1. The zero-order chi connectivity index (χ0) is 27.3. The van der Waals surface area contributed by atoms with Gasteiger partial charge >= 0.3 is 0 Å². The molecule has 4 heterocycles. The van der Waals surface area contributed by atoms with Crippen molar-refractivity contribution in [2.45, 2.75) is 31.0 Å². The van der Waals surface area contributed by atoms with Crippen LogP contribution in [0, 0.1) is 12.4 Å². The fourth-order valence-electron chi connectivity index (χ4n) is 4.70. The van der Waals surface area contributed by atoms with Crippen LogP contribution in [0.25, 0.3) is 16.1 Å². The number of aliphatic hydroxyl groups is 1. The third kappa shape index (κ3) is 4.79. The molecule has 39 heavy (non-hydrogen) atoms. The lowest BCUT2D eigenvalue weighted by molar-refractivity contribution is 0.00673. The van der Waals surface area contributed by atoms with Gasteiger partial charge in [-0.05, 0) is 31.0 Å². The minimum atomic E-state index is -1.29. The molecule has 3 aromatic heterocycles. The molecule has 0 unspecified atom stereocenters. The number of benzene rings is 1. The first-order valence-electron chi connectivity index (χ1n) is 12.0. The first-order valence-corrected chi connectivity index (χ1v) is 13.1. The van der Waals surface area contributed by atoms with E-state index in [-0.39, 0.29) is 37.1 Å². The summed E-state index contributed by atoms with van der Waals surface area (Å²) in [6.45, 7) is 7.31. The van der Waals surface area contributed by atoms with Crippen LogP contribution in [0.5, 0.6) is 5.75 Å². The summed E-state index contributed by atoms with van der Waals surface area (Å²) in [6, 6.07) is 6.14. The fraction of sp³-hybridized carbons (Fsp3) is 0.259. The van der Waals surface area contributed by atoms with E-state index in [1.54, 1.807) is 23.1 Å². The number of ether oxygens (including phenoxy) is 1. The van der Waals surface area contributed by atoms with Crippen molar-refractivity contribution >= 4 is 46.3 Å². The quantitative estimate of drug-likeness (QED) is 0.235. The van der Waals surface area contributed by atoms with Crippen LogP contribution in [-0.2, 0) is 12.2 Å². The van der Waals surface area contributed by atoms with Gasteiger partial charge in [0.1, 0.15) is 29.4 Å². The number of anilines is 1. The predicted octanol–water partition coefficient (Wildman–Crippen LogP) is 6.95. The number of nitrogens with zero attached hydrogens (tertiary/aromatic N) is 5. The van der Waals surface area contributed by atoms with E-state index in [1.807, 2.05) is 0 Å². The van der Waals surface area contributed by atoms with Gasteiger partial charge in [0.2, 0.25) is 5.69 Å². The first-order chi connectivity index (χ1) is 18.8. The molecule has 1 aromatic carbocycles. The van der Waals surface area contributed by atoms with Gasteiger partial charge in [0, 0.05) is 35.6 Å². The summed E-state index contributed by atoms with van der Waals surface area (Å²) in [5.74, 6) is 0.947. The Hall–Kier alpha value is -3.42. The smallest absolute Gasteiger partial charge is 0.208 e. The number of aromatic nitrogens is 3. The van der Waals surface area contributed by atoms with E-state index in [0.29, 0.717) is 37.6 Å². The van der Waals surface area contributed by atoms with E-state index in [0.717, 1.165) is 30.2 Å².